The van der Waals surface area contributed by atoms with Crippen molar-refractivity contribution in [3.8, 4) is 0 Å². The first kappa shape index (κ1) is 7.53. The van der Waals surface area contributed by atoms with Crippen LogP contribution in [0, 0.1) is 0 Å². The zero-order valence-electron chi connectivity index (χ0n) is 7.03. The zero-order valence-corrected chi connectivity index (χ0v) is 7.03. The van der Waals surface area contributed by atoms with Crippen LogP contribution >= 0.6 is 0 Å². The minimum absolute atomic E-state index is 0.317. The Morgan fingerprint density at radius 3 is 2.09 bits per heavy atom. The number of piperazine rings is 3. The van der Waals surface area contributed by atoms with Crippen LogP contribution in [0.15, 0.2) is 0 Å². The summed E-state index contributed by atoms with van der Waals surface area (Å²) in [5.74, 6) is 0. The van der Waals surface area contributed by atoms with Crippen molar-refractivity contribution in [2.75, 3.05) is 32.8 Å². The van der Waals surface area contributed by atoms with Crippen LogP contribution in [0.25, 0.3) is 0 Å². The van der Waals surface area contributed by atoms with E-state index in [1.165, 1.54) is 13.1 Å². The van der Waals surface area contributed by atoms with Gasteiger partial charge in [-0.15, -0.1) is 0 Å². The molecule has 0 saturated carbocycles. The molecule has 0 amide bonds. The average molecular weight is 156 g/mol. The van der Waals surface area contributed by atoms with Gasteiger partial charge in [0.2, 0.25) is 0 Å². The molecule has 0 aromatic heterocycles. The second kappa shape index (κ2) is 2.73. The Kier molecular flexibility index (Phi) is 1.87. The van der Waals surface area contributed by atoms with E-state index in [0.717, 1.165) is 13.1 Å². The highest BCUT2D eigenvalue weighted by Gasteiger charge is 2.37. The van der Waals surface area contributed by atoms with Crippen molar-refractivity contribution >= 4 is 0 Å². The Hall–Kier alpha value is -0.120. The smallest absolute Gasteiger partial charge is 0.0602 e. The maximum atomic E-state index is 9.12. The lowest BCUT2D eigenvalue weighted by Gasteiger charge is -2.51. The van der Waals surface area contributed by atoms with Gasteiger partial charge in [0, 0.05) is 38.3 Å². The first-order chi connectivity index (χ1) is 5.33. The molecule has 2 atom stereocenters. The molecule has 0 spiro atoms. The van der Waals surface area contributed by atoms with Gasteiger partial charge in [0.15, 0.2) is 0 Å². The molecular weight excluding hydrogens is 140 g/mol. The molecule has 2 unspecified atom stereocenters. The Morgan fingerprint density at radius 1 is 1.18 bits per heavy atom. The lowest BCUT2D eigenvalue weighted by Crippen LogP contribution is -2.66. The summed E-state index contributed by atoms with van der Waals surface area (Å²) in [7, 11) is 0. The van der Waals surface area contributed by atoms with E-state index < -0.39 is 0 Å². The SMILES string of the molecule is CC1C(CO)N2CCN1CC2. The fourth-order valence-electron chi connectivity index (χ4n) is 2.29. The van der Waals surface area contributed by atoms with E-state index in [1.807, 2.05) is 0 Å². The summed E-state index contributed by atoms with van der Waals surface area (Å²) in [6.07, 6.45) is 0. The molecule has 64 valence electrons. The van der Waals surface area contributed by atoms with Crippen LogP contribution in [0.5, 0.6) is 0 Å². The lowest BCUT2D eigenvalue weighted by atomic mass is 10.0. The molecule has 3 saturated heterocycles. The minimum Gasteiger partial charge on any atom is -0.395 e. The summed E-state index contributed by atoms with van der Waals surface area (Å²) >= 11 is 0. The van der Waals surface area contributed by atoms with Crippen molar-refractivity contribution in [2.45, 2.75) is 19.0 Å². The number of aliphatic hydroxyl groups excluding tert-OH is 1. The van der Waals surface area contributed by atoms with E-state index in [4.69, 9.17) is 5.11 Å². The number of hydrogen-bond donors (Lipinski definition) is 1. The van der Waals surface area contributed by atoms with Gasteiger partial charge in [-0.3, -0.25) is 9.80 Å². The zero-order chi connectivity index (χ0) is 7.84. The summed E-state index contributed by atoms with van der Waals surface area (Å²) < 4.78 is 0. The molecule has 11 heavy (non-hydrogen) atoms. The Morgan fingerprint density at radius 2 is 1.73 bits per heavy atom. The third-order valence-corrected chi connectivity index (χ3v) is 3.14. The normalized spacial score (nSPS) is 49.6. The van der Waals surface area contributed by atoms with Crippen LogP contribution in [-0.4, -0.2) is 59.8 Å². The van der Waals surface area contributed by atoms with Crippen molar-refractivity contribution in [1.29, 1.82) is 0 Å². The van der Waals surface area contributed by atoms with Crippen LogP contribution in [0.2, 0.25) is 0 Å². The van der Waals surface area contributed by atoms with Gasteiger partial charge in [-0.05, 0) is 6.92 Å². The molecule has 3 heteroatoms. The Bertz CT molecular complexity index is 141. The summed E-state index contributed by atoms with van der Waals surface area (Å²) in [4.78, 5) is 4.88. The van der Waals surface area contributed by atoms with Crippen molar-refractivity contribution < 1.29 is 5.11 Å². The standard InChI is InChI=1S/C8H16N2O/c1-7-8(6-11)10-4-2-9(7)3-5-10/h7-8,11H,2-6H2,1H3. The highest BCUT2D eigenvalue weighted by molar-refractivity contribution is 4.93. The van der Waals surface area contributed by atoms with Gasteiger partial charge in [0.1, 0.15) is 0 Å². The van der Waals surface area contributed by atoms with E-state index >= 15 is 0 Å². The van der Waals surface area contributed by atoms with E-state index in [2.05, 4.69) is 16.7 Å². The van der Waals surface area contributed by atoms with Crippen LogP contribution in [0.3, 0.4) is 0 Å². The Balaban J connectivity index is 2.10. The largest absolute Gasteiger partial charge is 0.395 e. The Labute approximate surface area is 67.6 Å². The predicted molar refractivity (Wildman–Crippen MR) is 43.5 cm³/mol. The maximum Gasteiger partial charge on any atom is 0.0602 e. The van der Waals surface area contributed by atoms with Crippen molar-refractivity contribution in [2.24, 2.45) is 0 Å². The van der Waals surface area contributed by atoms with Crippen LogP contribution in [-0.2, 0) is 0 Å². The molecule has 3 aliphatic rings. The summed E-state index contributed by atoms with van der Waals surface area (Å²) in [6.45, 7) is 7.21. The van der Waals surface area contributed by atoms with E-state index in [1.54, 1.807) is 0 Å². The van der Waals surface area contributed by atoms with Gasteiger partial charge in [0.05, 0.1) is 6.61 Å². The molecule has 0 aromatic rings. The van der Waals surface area contributed by atoms with Gasteiger partial charge in [0.25, 0.3) is 0 Å². The molecule has 3 heterocycles. The maximum absolute atomic E-state index is 9.12. The molecule has 3 fully saturated rings. The van der Waals surface area contributed by atoms with E-state index in [0.29, 0.717) is 18.7 Å². The number of fused-ring (bicyclic) bond motifs is 3. The minimum atomic E-state index is 0.317. The molecule has 2 bridgehead atoms. The molecule has 0 aliphatic carbocycles. The van der Waals surface area contributed by atoms with Gasteiger partial charge in [-0.2, -0.15) is 0 Å². The summed E-state index contributed by atoms with van der Waals surface area (Å²) in [5, 5.41) is 9.12. The van der Waals surface area contributed by atoms with Gasteiger partial charge < -0.3 is 5.11 Å². The molecule has 3 rings (SSSR count). The highest BCUT2D eigenvalue weighted by atomic mass is 16.3. The van der Waals surface area contributed by atoms with Crippen LogP contribution in [0.4, 0.5) is 0 Å². The second-order valence-electron chi connectivity index (χ2n) is 3.56. The van der Waals surface area contributed by atoms with Crippen molar-refractivity contribution in [3.63, 3.8) is 0 Å². The molecule has 0 aromatic carbocycles. The topological polar surface area (TPSA) is 26.7 Å². The number of hydrogen-bond acceptors (Lipinski definition) is 3. The first-order valence-electron chi connectivity index (χ1n) is 4.42. The third-order valence-electron chi connectivity index (χ3n) is 3.14. The van der Waals surface area contributed by atoms with E-state index in [-0.39, 0.29) is 0 Å². The molecule has 0 radical (unpaired) electrons. The van der Waals surface area contributed by atoms with Crippen LogP contribution < -0.4 is 0 Å². The highest BCUT2D eigenvalue weighted by Crippen LogP contribution is 2.21. The van der Waals surface area contributed by atoms with Gasteiger partial charge >= 0.3 is 0 Å². The van der Waals surface area contributed by atoms with E-state index in [9.17, 15) is 0 Å². The fourth-order valence-corrected chi connectivity index (χ4v) is 2.29. The average Bonchev–Trinajstić information content (AvgIpc) is 2.06. The van der Waals surface area contributed by atoms with Crippen LogP contribution in [0.1, 0.15) is 6.92 Å². The molecule has 3 nitrogen and oxygen atoms in total. The first-order valence-corrected chi connectivity index (χ1v) is 4.42. The van der Waals surface area contributed by atoms with Gasteiger partial charge in [-0.25, -0.2) is 0 Å². The van der Waals surface area contributed by atoms with Crippen molar-refractivity contribution in [1.82, 2.24) is 9.80 Å². The predicted octanol–water partition coefficient (Wildman–Crippen LogP) is -0.633. The monoisotopic (exact) mass is 156 g/mol. The molecule has 3 aliphatic heterocycles. The third kappa shape index (κ3) is 1.08. The van der Waals surface area contributed by atoms with Crippen molar-refractivity contribution in [3.05, 3.63) is 0 Å². The lowest BCUT2D eigenvalue weighted by molar-refractivity contribution is -0.0494. The number of rotatable bonds is 1. The molecular formula is C8H16N2O. The summed E-state index contributed by atoms with van der Waals surface area (Å²) in [6, 6.07) is 0.958. The second-order valence-corrected chi connectivity index (χ2v) is 3.56. The fraction of sp³-hybridized carbons (Fsp3) is 1.00. The number of aliphatic hydroxyl groups is 1. The van der Waals surface area contributed by atoms with Gasteiger partial charge in [-0.1, -0.05) is 0 Å². The molecule has 1 N–H and O–H groups in total. The number of nitrogens with zero attached hydrogens (tertiary/aromatic N) is 2. The quantitative estimate of drug-likeness (QED) is 0.547. The summed E-state index contributed by atoms with van der Waals surface area (Å²) in [5.41, 5.74) is 0.